The van der Waals surface area contributed by atoms with Crippen LogP contribution in [0.3, 0.4) is 0 Å². The van der Waals surface area contributed by atoms with Crippen molar-refractivity contribution in [3.05, 3.63) is 106 Å². The molecule has 182 valence electrons. The highest BCUT2D eigenvalue weighted by Crippen LogP contribution is 2.29. The summed E-state index contributed by atoms with van der Waals surface area (Å²) < 4.78 is 17.3. The molecule has 7 heteroatoms. The smallest absolute Gasteiger partial charge is 0.278 e. The molecule has 2 aliphatic heterocycles. The number of nitrogens with zero attached hydrogens (tertiary/aromatic N) is 3. The van der Waals surface area contributed by atoms with Gasteiger partial charge in [0.2, 0.25) is 5.91 Å². The molecule has 0 unspecified atom stereocenters. The van der Waals surface area contributed by atoms with Gasteiger partial charge in [-0.1, -0.05) is 55.8 Å². The van der Waals surface area contributed by atoms with Crippen molar-refractivity contribution in [2.45, 2.75) is 39.8 Å². The number of carbonyl (C=O) groups excluding carboxylic acids is 1. The first-order chi connectivity index (χ1) is 17.3. The van der Waals surface area contributed by atoms with Crippen LogP contribution in [0.25, 0.3) is 22.2 Å². The van der Waals surface area contributed by atoms with Crippen molar-refractivity contribution in [3.8, 4) is 11.3 Å². The molecule has 3 aromatic rings. The van der Waals surface area contributed by atoms with E-state index in [1.807, 2.05) is 54.0 Å². The van der Waals surface area contributed by atoms with Crippen LogP contribution in [0.2, 0.25) is 0 Å². The zero-order valence-corrected chi connectivity index (χ0v) is 20.5. The number of amides is 1. The van der Waals surface area contributed by atoms with Crippen LogP contribution in [0.15, 0.2) is 77.7 Å². The Morgan fingerprint density at radius 3 is 2.56 bits per heavy atom. The Kier molecular flexibility index (Phi) is 6.14. The second kappa shape index (κ2) is 9.41. The van der Waals surface area contributed by atoms with Crippen LogP contribution in [0.4, 0.5) is 10.1 Å². The summed E-state index contributed by atoms with van der Waals surface area (Å²) >= 11 is 0. The third-order valence-corrected chi connectivity index (χ3v) is 6.34. The summed E-state index contributed by atoms with van der Waals surface area (Å²) in [5, 5.41) is 7.77. The number of fused-ring (bicyclic) bond motifs is 3. The zero-order valence-electron chi connectivity index (χ0n) is 20.5. The monoisotopic (exact) mass is 482 g/mol. The predicted octanol–water partition coefficient (Wildman–Crippen LogP) is 5.56. The van der Waals surface area contributed by atoms with Crippen molar-refractivity contribution in [2.24, 2.45) is 0 Å². The molecule has 36 heavy (non-hydrogen) atoms. The summed E-state index contributed by atoms with van der Waals surface area (Å²) in [5.41, 5.74) is 5.10. The molecule has 2 aliphatic rings. The van der Waals surface area contributed by atoms with Crippen LogP contribution in [-0.4, -0.2) is 20.3 Å². The summed E-state index contributed by atoms with van der Waals surface area (Å²) in [5.74, 6) is -0.385. The van der Waals surface area contributed by atoms with Crippen LogP contribution in [0.1, 0.15) is 36.5 Å². The van der Waals surface area contributed by atoms with Crippen molar-refractivity contribution in [1.29, 1.82) is 0 Å². The van der Waals surface area contributed by atoms with Crippen molar-refractivity contribution in [2.75, 3.05) is 5.32 Å². The van der Waals surface area contributed by atoms with Gasteiger partial charge in [-0.15, -0.1) is 0 Å². The number of rotatable bonds is 6. The quantitative estimate of drug-likeness (QED) is 0.345. The second-order valence-electron chi connectivity index (χ2n) is 9.46. The molecular formula is C29H27FN4O2. The maximum Gasteiger partial charge on any atom is 0.278 e. The number of benzene rings is 3. The molecule has 0 radical (unpaired) electrons. The van der Waals surface area contributed by atoms with E-state index < -0.39 is 5.82 Å². The Labute approximate surface area is 208 Å². The first-order valence-corrected chi connectivity index (χ1v) is 11.9. The van der Waals surface area contributed by atoms with E-state index in [-0.39, 0.29) is 18.0 Å². The number of nitrogens with one attached hydrogen (secondary N) is 1. The number of aryl methyl sites for hydroxylation is 1. The Hall–Kier alpha value is -4.26. The summed E-state index contributed by atoms with van der Waals surface area (Å²) in [6, 6.07) is 20.2. The number of hydrogen-bond donors (Lipinski definition) is 1. The number of pyridine rings is 1. The summed E-state index contributed by atoms with van der Waals surface area (Å²) in [4.78, 5) is 25.9. The van der Waals surface area contributed by atoms with Gasteiger partial charge >= 0.3 is 0 Å². The highest BCUT2D eigenvalue weighted by Gasteiger charge is 2.22. The fourth-order valence-corrected chi connectivity index (χ4v) is 4.48. The van der Waals surface area contributed by atoms with E-state index in [1.54, 1.807) is 12.3 Å². The topological polar surface area (TPSA) is 68.9 Å². The van der Waals surface area contributed by atoms with Crippen LogP contribution in [0.5, 0.6) is 0 Å². The summed E-state index contributed by atoms with van der Waals surface area (Å²) in [6.07, 6.45) is 1.74. The highest BCUT2D eigenvalue weighted by molar-refractivity contribution is 5.94. The van der Waals surface area contributed by atoms with Gasteiger partial charge in [0.1, 0.15) is 18.1 Å². The zero-order chi connectivity index (χ0) is 25.4. The van der Waals surface area contributed by atoms with Crippen LogP contribution < -0.4 is 10.9 Å². The molecule has 0 saturated carbocycles. The normalized spacial score (nSPS) is 11.5. The number of carbonyl (C=O) groups is 1. The fourth-order valence-electron chi connectivity index (χ4n) is 4.48. The first-order valence-electron chi connectivity index (χ1n) is 11.9. The molecule has 0 atom stereocenters. The Morgan fingerprint density at radius 2 is 1.83 bits per heavy atom. The summed E-state index contributed by atoms with van der Waals surface area (Å²) in [6.45, 7) is 6.50. The van der Waals surface area contributed by atoms with Gasteiger partial charge in [0.05, 0.1) is 11.1 Å². The highest BCUT2D eigenvalue weighted by atomic mass is 19.1. The van der Waals surface area contributed by atoms with Crippen molar-refractivity contribution < 1.29 is 9.18 Å². The molecule has 3 aromatic carbocycles. The van der Waals surface area contributed by atoms with Gasteiger partial charge in [-0.05, 0) is 54.3 Å². The molecule has 0 fully saturated rings. The fraction of sp³-hybridized carbons (Fsp3) is 0.207. The van der Waals surface area contributed by atoms with Gasteiger partial charge in [0.25, 0.3) is 5.56 Å². The van der Waals surface area contributed by atoms with Crippen LogP contribution in [0, 0.1) is 12.7 Å². The molecule has 0 bridgehead atoms. The van der Waals surface area contributed by atoms with Crippen LogP contribution in [-0.2, 0) is 17.9 Å². The maximum absolute atomic E-state index is 14.2. The Bertz CT molecular complexity index is 1600. The van der Waals surface area contributed by atoms with E-state index in [4.69, 9.17) is 0 Å². The van der Waals surface area contributed by atoms with Gasteiger partial charge in [-0.25, -0.2) is 9.07 Å². The molecule has 1 N–H and O–H groups in total. The molecule has 0 spiro atoms. The molecule has 0 saturated heterocycles. The lowest BCUT2D eigenvalue weighted by Crippen LogP contribution is -2.26. The van der Waals surface area contributed by atoms with Gasteiger partial charge in [0, 0.05) is 23.8 Å². The van der Waals surface area contributed by atoms with E-state index in [1.165, 1.54) is 17.7 Å². The second-order valence-corrected chi connectivity index (χ2v) is 9.46. The molecule has 2 heterocycles. The largest absolute Gasteiger partial charge is 0.342 e. The third-order valence-electron chi connectivity index (χ3n) is 6.34. The lowest BCUT2D eigenvalue weighted by Gasteiger charge is -2.14. The van der Waals surface area contributed by atoms with Gasteiger partial charge < -0.3 is 9.88 Å². The number of halogens is 1. The van der Waals surface area contributed by atoms with Crippen molar-refractivity contribution in [1.82, 2.24) is 14.3 Å². The average molecular weight is 483 g/mol. The van der Waals surface area contributed by atoms with Gasteiger partial charge in [0.15, 0.2) is 0 Å². The predicted molar refractivity (Wildman–Crippen MR) is 140 cm³/mol. The molecule has 0 aliphatic carbocycles. The Balaban J connectivity index is 1.50. The molecule has 6 nitrogen and oxygen atoms in total. The minimum absolute atomic E-state index is 0.242. The third kappa shape index (κ3) is 4.64. The Morgan fingerprint density at radius 1 is 1.06 bits per heavy atom. The summed E-state index contributed by atoms with van der Waals surface area (Å²) in [7, 11) is 0. The SMILES string of the molecule is Cc1cccc(Cn2cc3c(=O)n(CC(=O)Nc4ccc(C(C)C)cc4)nc-3c3cc(F)ccc32)c1. The minimum Gasteiger partial charge on any atom is -0.342 e. The van der Waals surface area contributed by atoms with E-state index in [9.17, 15) is 14.0 Å². The van der Waals surface area contributed by atoms with Crippen LogP contribution >= 0.6 is 0 Å². The van der Waals surface area contributed by atoms with Gasteiger partial charge in [-0.2, -0.15) is 5.10 Å². The first kappa shape index (κ1) is 23.5. The van der Waals surface area contributed by atoms with Crippen molar-refractivity contribution in [3.63, 3.8) is 0 Å². The minimum atomic E-state index is -0.415. The van der Waals surface area contributed by atoms with E-state index in [0.717, 1.165) is 21.3 Å². The molecule has 1 amide bonds. The molecule has 5 rings (SSSR count). The van der Waals surface area contributed by atoms with Gasteiger partial charge in [-0.3, -0.25) is 9.59 Å². The van der Waals surface area contributed by atoms with E-state index in [0.29, 0.717) is 34.8 Å². The van der Waals surface area contributed by atoms with Crippen molar-refractivity contribution >= 4 is 22.5 Å². The lowest BCUT2D eigenvalue weighted by atomic mass is 10.0. The maximum atomic E-state index is 14.2. The lowest BCUT2D eigenvalue weighted by molar-refractivity contribution is -0.116. The van der Waals surface area contributed by atoms with E-state index in [2.05, 4.69) is 30.3 Å². The number of hydrogen-bond acceptors (Lipinski definition) is 3. The molecular weight excluding hydrogens is 455 g/mol. The number of aromatic nitrogens is 3. The standard InChI is InChI=1S/C29H27FN4O2/c1-18(2)21-7-10-23(11-8-21)31-27(35)17-34-29(36)25-16-33(15-20-6-4-5-19(3)13-20)26-12-9-22(30)14-24(26)28(25)32-34/h4-14,16,18H,15,17H2,1-3H3,(H,31,35). The average Bonchev–Trinajstić information content (AvgIpc) is 3.14. The van der Waals surface area contributed by atoms with E-state index >= 15 is 0 Å². The molecule has 0 aromatic heterocycles. The number of anilines is 1.